The molecule has 0 atom stereocenters. The van der Waals surface area contributed by atoms with E-state index in [0.29, 0.717) is 5.56 Å². The fraction of sp³-hybridized carbons (Fsp3) is 0.267. The Morgan fingerprint density at radius 2 is 2.25 bits per heavy atom. The van der Waals surface area contributed by atoms with Crippen molar-refractivity contribution in [1.82, 2.24) is 20.5 Å². The summed E-state index contributed by atoms with van der Waals surface area (Å²) in [4.78, 5) is 3.12. The monoisotopic (exact) mass is 270 g/mol. The molecule has 1 aromatic carbocycles. The van der Waals surface area contributed by atoms with Crippen molar-refractivity contribution in [1.29, 1.82) is 0 Å². The molecule has 3 N–H and O–H groups in total. The quantitative estimate of drug-likeness (QED) is 0.636. The minimum atomic E-state index is -0.199. The van der Waals surface area contributed by atoms with E-state index in [4.69, 9.17) is 0 Å². The van der Waals surface area contributed by atoms with E-state index in [1.54, 1.807) is 13.0 Å². The Labute approximate surface area is 115 Å². The Kier molecular flexibility index (Phi) is 2.44. The van der Waals surface area contributed by atoms with Crippen molar-refractivity contribution in [2.24, 2.45) is 0 Å². The van der Waals surface area contributed by atoms with Crippen LogP contribution in [-0.4, -0.2) is 21.7 Å². The van der Waals surface area contributed by atoms with Crippen molar-refractivity contribution < 1.29 is 4.39 Å². The third kappa shape index (κ3) is 1.53. The SMILES string of the molecule is Cc1c(F)cc(-c2n[nH]c3c2CNCC3)c2cc[nH]c12. The lowest BCUT2D eigenvalue weighted by molar-refractivity contribution is 0.621. The molecule has 1 aliphatic rings. The van der Waals surface area contributed by atoms with Crippen LogP contribution in [0.3, 0.4) is 0 Å². The first-order valence-corrected chi connectivity index (χ1v) is 6.79. The number of nitrogens with one attached hydrogen (secondary N) is 3. The Morgan fingerprint density at radius 1 is 1.35 bits per heavy atom. The van der Waals surface area contributed by atoms with Gasteiger partial charge >= 0.3 is 0 Å². The van der Waals surface area contributed by atoms with Crippen molar-refractivity contribution in [3.8, 4) is 11.3 Å². The Morgan fingerprint density at radius 3 is 3.15 bits per heavy atom. The van der Waals surface area contributed by atoms with E-state index in [0.717, 1.165) is 52.9 Å². The minimum absolute atomic E-state index is 0.199. The van der Waals surface area contributed by atoms with Gasteiger partial charge in [0.1, 0.15) is 5.82 Å². The molecule has 0 bridgehead atoms. The second kappa shape index (κ2) is 4.18. The standard InChI is InChI=1S/C15H15FN4/c1-8-12(16)6-10(9-2-5-18-14(8)9)15-11-7-17-4-3-13(11)19-20-15/h2,5-6,17-18H,3-4,7H2,1H3,(H,19,20). The van der Waals surface area contributed by atoms with Crippen LogP contribution in [-0.2, 0) is 13.0 Å². The smallest absolute Gasteiger partial charge is 0.128 e. The largest absolute Gasteiger partial charge is 0.361 e. The molecule has 0 amide bonds. The number of aromatic amines is 2. The Balaban J connectivity index is 2.01. The zero-order valence-electron chi connectivity index (χ0n) is 11.2. The van der Waals surface area contributed by atoms with Gasteiger partial charge in [0.05, 0.1) is 11.2 Å². The van der Waals surface area contributed by atoms with Crippen LogP contribution < -0.4 is 5.32 Å². The highest BCUT2D eigenvalue weighted by Crippen LogP contribution is 2.34. The molecule has 20 heavy (non-hydrogen) atoms. The molecule has 4 nitrogen and oxygen atoms in total. The lowest BCUT2D eigenvalue weighted by Gasteiger charge is -2.13. The molecule has 3 aromatic rings. The highest BCUT2D eigenvalue weighted by molar-refractivity contribution is 5.96. The van der Waals surface area contributed by atoms with Gasteiger partial charge in [-0.1, -0.05) is 0 Å². The number of rotatable bonds is 1. The van der Waals surface area contributed by atoms with Crippen LogP contribution >= 0.6 is 0 Å². The van der Waals surface area contributed by atoms with E-state index in [2.05, 4.69) is 20.5 Å². The van der Waals surface area contributed by atoms with Gasteiger partial charge in [0.15, 0.2) is 0 Å². The number of fused-ring (bicyclic) bond motifs is 2. The van der Waals surface area contributed by atoms with Gasteiger partial charge in [0.25, 0.3) is 0 Å². The van der Waals surface area contributed by atoms with Crippen molar-refractivity contribution in [3.63, 3.8) is 0 Å². The zero-order chi connectivity index (χ0) is 13.7. The highest BCUT2D eigenvalue weighted by atomic mass is 19.1. The van der Waals surface area contributed by atoms with Gasteiger partial charge in [-0.25, -0.2) is 4.39 Å². The maximum absolute atomic E-state index is 14.1. The van der Waals surface area contributed by atoms with E-state index in [1.165, 1.54) is 0 Å². The Hall–Kier alpha value is -2.14. The van der Waals surface area contributed by atoms with Crippen molar-refractivity contribution >= 4 is 10.9 Å². The van der Waals surface area contributed by atoms with Gasteiger partial charge in [0, 0.05) is 53.5 Å². The molecule has 0 unspecified atom stereocenters. The van der Waals surface area contributed by atoms with E-state index in [-0.39, 0.29) is 5.82 Å². The lowest BCUT2D eigenvalue weighted by atomic mass is 9.98. The normalized spacial score (nSPS) is 14.7. The molecule has 2 aromatic heterocycles. The first kappa shape index (κ1) is 11.7. The average molecular weight is 270 g/mol. The number of aromatic nitrogens is 3. The zero-order valence-corrected chi connectivity index (χ0v) is 11.2. The second-order valence-electron chi connectivity index (χ2n) is 5.25. The molecule has 4 rings (SSSR count). The molecule has 0 spiro atoms. The molecule has 0 saturated carbocycles. The van der Waals surface area contributed by atoms with E-state index in [1.807, 2.05) is 12.3 Å². The van der Waals surface area contributed by atoms with E-state index >= 15 is 0 Å². The first-order valence-electron chi connectivity index (χ1n) is 6.79. The maximum atomic E-state index is 14.1. The van der Waals surface area contributed by atoms with Gasteiger partial charge < -0.3 is 10.3 Å². The summed E-state index contributed by atoms with van der Waals surface area (Å²) >= 11 is 0. The fourth-order valence-electron chi connectivity index (χ4n) is 2.98. The molecule has 0 aliphatic carbocycles. The fourth-order valence-corrected chi connectivity index (χ4v) is 2.98. The van der Waals surface area contributed by atoms with Crippen molar-refractivity contribution in [2.75, 3.05) is 6.54 Å². The van der Waals surface area contributed by atoms with Crippen LogP contribution in [0.1, 0.15) is 16.8 Å². The second-order valence-corrected chi connectivity index (χ2v) is 5.25. The summed E-state index contributed by atoms with van der Waals surface area (Å²) in [5.74, 6) is -0.199. The summed E-state index contributed by atoms with van der Waals surface area (Å²) in [7, 11) is 0. The molecule has 5 heteroatoms. The van der Waals surface area contributed by atoms with Gasteiger partial charge in [-0.2, -0.15) is 5.10 Å². The van der Waals surface area contributed by atoms with Crippen LogP contribution in [0.5, 0.6) is 0 Å². The van der Waals surface area contributed by atoms with E-state index < -0.39 is 0 Å². The highest BCUT2D eigenvalue weighted by Gasteiger charge is 2.20. The third-order valence-electron chi connectivity index (χ3n) is 4.10. The summed E-state index contributed by atoms with van der Waals surface area (Å²) in [6, 6.07) is 3.57. The summed E-state index contributed by atoms with van der Waals surface area (Å²) in [6.45, 7) is 3.53. The number of H-pyrrole nitrogens is 2. The number of hydrogen-bond acceptors (Lipinski definition) is 2. The van der Waals surface area contributed by atoms with Crippen LogP contribution in [0.4, 0.5) is 4.39 Å². The van der Waals surface area contributed by atoms with Crippen LogP contribution in [0.2, 0.25) is 0 Å². The molecule has 0 radical (unpaired) electrons. The molecular weight excluding hydrogens is 255 g/mol. The molecule has 0 fully saturated rings. The van der Waals surface area contributed by atoms with Crippen LogP contribution in [0.25, 0.3) is 22.2 Å². The number of hydrogen-bond donors (Lipinski definition) is 3. The molecule has 3 heterocycles. The molecule has 0 saturated heterocycles. The predicted molar refractivity (Wildman–Crippen MR) is 76.0 cm³/mol. The predicted octanol–water partition coefficient (Wildman–Crippen LogP) is 2.65. The van der Waals surface area contributed by atoms with Gasteiger partial charge in [-0.3, -0.25) is 5.10 Å². The van der Waals surface area contributed by atoms with Crippen molar-refractivity contribution in [3.05, 3.63) is 41.0 Å². The van der Waals surface area contributed by atoms with Crippen LogP contribution in [0.15, 0.2) is 18.3 Å². The number of aryl methyl sites for hydroxylation is 1. The van der Waals surface area contributed by atoms with Gasteiger partial charge in [-0.15, -0.1) is 0 Å². The van der Waals surface area contributed by atoms with Gasteiger partial charge in [-0.05, 0) is 19.1 Å². The topological polar surface area (TPSA) is 56.5 Å². The summed E-state index contributed by atoms with van der Waals surface area (Å²) in [5, 5.41) is 11.9. The molecule has 102 valence electrons. The summed E-state index contributed by atoms with van der Waals surface area (Å²) < 4.78 is 14.1. The minimum Gasteiger partial charge on any atom is -0.361 e. The average Bonchev–Trinajstić information content (AvgIpc) is 3.10. The number of halogens is 1. The molecule has 1 aliphatic heterocycles. The summed E-state index contributed by atoms with van der Waals surface area (Å²) in [6.07, 6.45) is 2.78. The number of benzene rings is 1. The van der Waals surface area contributed by atoms with Crippen molar-refractivity contribution in [2.45, 2.75) is 19.9 Å². The third-order valence-corrected chi connectivity index (χ3v) is 4.10. The number of nitrogens with zero attached hydrogens (tertiary/aromatic N) is 1. The maximum Gasteiger partial charge on any atom is 0.128 e. The van der Waals surface area contributed by atoms with Crippen LogP contribution in [0, 0.1) is 12.7 Å². The summed E-state index contributed by atoms with van der Waals surface area (Å²) in [5.41, 5.74) is 5.52. The lowest BCUT2D eigenvalue weighted by Crippen LogP contribution is -2.23. The Bertz CT molecular complexity index is 800. The first-order chi connectivity index (χ1) is 9.75. The van der Waals surface area contributed by atoms with Gasteiger partial charge in [0.2, 0.25) is 0 Å². The molecular formula is C15H15FN4. The van der Waals surface area contributed by atoms with E-state index in [9.17, 15) is 4.39 Å².